The van der Waals surface area contributed by atoms with Gasteiger partial charge in [-0.15, -0.1) is 0 Å². The van der Waals surface area contributed by atoms with Crippen molar-refractivity contribution in [1.82, 2.24) is 14.7 Å². The summed E-state index contributed by atoms with van der Waals surface area (Å²) in [4.78, 5) is 9.86. The van der Waals surface area contributed by atoms with Crippen LogP contribution in [0, 0.1) is 0 Å². The number of nitrogens with zero attached hydrogens (tertiary/aromatic N) is 4. The number of hydrogen-bond donors (Lipinski definition) is 1. The van der Waals surface area contributed by atoms with Gasteiger partial charge in [0.2, 0.25) is 0 Å². The topological polar surface area (TPSA) is 33.2 Å². The number of hydrogen-bond acceptors (Lipinski definition) is 5. The number of aliphatic hydroxyl groups is 1. The molecular weight excluding hydrogens is 312 g/mol. The fourth-order valence-corrected chi connectivity index (χ4v) is 4.12. The maximum atomic E-state index is 9.09. The van der Waals surface area contributed by atoms with Gasteiger partial charge in [-0.2, -0.15) is 0 Å². The average molecular weight is 347 g/mol. The van der Waals surface area contributed by atoms with E-state index in [1.807, 2.05) is 0 Å². The smallest absolute Gasteiger partial charge is 0.0558 e. The Bertz CT molecular complexity index is 522. The lowest BCUT2D eigenvalue weighted by atomic mass is 10.0. The normalized spacial score (nSPS) is 21.6. The van der Waals surface area contributed by atoms with Crippen LogP contribution in [0.25, 0.3) is 0 Å². The van der Waals surface area contributed by atoms with Gasteiger partial charge in [0.1, 0.15) is 0 Å². The maximum absolute atomic E-state index is 9.09. The van der Waals surface area contributed by atoms with E-state index in [4.69, 9.17) is 5.11 Å². The number of para-hydroxylation sites is 1. The second-order valence-electron chi connectivity index (χ2n) is 7.62. The van der Waals surface area contributed by atoms with Crippen LogP contribution < -0.4 is 4.90 Å². The van der Waals surface area contributed by atoms with Crippen LogP contribution in [-0.2, 0) is 6.54 Å². The molecule has 2 aliphatic heterocycles. The van der Waals surface area contributed by atoms with Crippen LogP contribution in [-0.4, -0.2) is 92.4 Å². The predicted molar refractivity (Wildman–Crippen MR) is 104 cm³/mol. The predicted octanol–water partition coefficient (Wildman–Crippen LogP) is 1.33. The molecule has 1 aromatic carbocycles. The fraction of sp³-hybridized carbons (Fsp3) is 0.700. The maximum Gasteiger partial charge on any atom is 0.0558 e. The lowest BCUT2D eigenvalue weighted by Gasteiger charge is -2.38. The minimum absolute atomic E-state index is 0.268. The highest BCUT2D eigenvalue weighted by Gasteiger charge is 2.23. The lowest BCUT2D eigenvalue weighted by molar-refractivity contribution is 0.108. The van der Waals surface area contributed by atoms with Crippen molar-refractivity contribution in [2.24, 2.45) is 0 Å². The fourth-order valence-electron chi connectivity index (χ4n) is 4.12. The standard InChI is InChI=1S/C20H34N4O/c1-21-9-7-19(8-10-21)22(2)20-6-4-3-5-18(20)17-24-13-11-23(12-14-24)15-16-25/h3-6,19,25H,7-17H2,1-2H3. The van der Waals surface area contributed by atoms with Crippen LogP contribution in [0.1, 0.15) is 18.4 Å². The molecule has 2 fully saturated rings. The third-order valence-corrected chi connectivity index (χ3v) is 5.88. The quantitative estimate of drug-likeness (QED) is 0.840. The lowest BCUT2D eigenvalue weighted by Crippen LogP contribution is -2.47. The first kappa shape index (κ1) is 18.6. The highest BCUT2D eigenvalue weighted by atomic mass is 16.3. The number of piperidine rings is 1. The van der Waals surface area contributed by atoms with Crippen LogP contribution >= 0.6 is 0 Å². The summed E-state index contributed by atoms with van der Waals surface area (Å²) in [5, 5.41) is 9.09. The van der Waals surface area contributed by atoms with Gasteiger partial charge < -0.3 is 14.9 Å². The van der Waals surface area contributed by atoms with Crippen LogP contribution in [0.2, 0.25) is 0 Å². The number of β-amino-alcohol motifs (C(OH)–C–C–N with tert-alkyl or cyclic N) is 1. The molecule has 0 aromatic heterocycles. The van der Waals surface area contributed by atoms with Gasteiger partial charge in [-0.25, -0.2) is 0 Å². The number of likely N-dealkylation sites (tertiary alicyclic amines) is 1. The molecule has 2 heterocycles. The third kappa shape index (κ3) is 4.94. The molecule has 0 atom stereocenters. The average Bonchev–Trinajstić information content (AvgIpc) is 2.64. The molecule has 0 amide bonds. The van der Waals surface area contributed by atoms with Crippen LogP contribution in [0.5, 0.6) is 0 Å². The van der Waals surface area contributed by atoms with Gasteiger partial charge in [-0.05, 0) is 44.6 Å². The first-order chi connectivity index (χ1) is 12.2. The van der Waals surface area contributed by atoms with Gasteiger partial charge in [0.05, 0.1) is 6.61 Å². The molecule has 0 saturated carbocycles. The van der Waals surface area contributed by atoms with Gasteiger partial charge in [-0.1, -0.05) is 18.2 Å². The Balaban J connectivity index is 1.61. The molecule has 0 bridgehead atoms. The molecule has 2 saturated heterocycles. The van der Waals surface area contributed by atoms with Crippen molar-refractivity contribution in [2.45, 2.75) is 25.4 Å². The number of rotatable bonds is 6. The minimum atomic E-state index is 0.268. The summed E-state index contributed by atoms with van der Waals surface area (Å²) in [6.07, 6.45) is 2.50. The zero-order valence-corrected chi connectivity index (χ0v) is 15.9. The van der Waals surface area contributed by atoms with E-state index in [9.17, 15) is 0 Å². The van der Waals surface area contributed by atoms with E-state index in [-0.39, 0.29) is 6.61 Å². The molecule has 5 nitrogen and oxygen atoms in total. The van der Waals surface area contributed by atoms with Gasteiger partial charge in [0, 0.05) is 58.0 Å². The van der Waals surface area contributed by atoms with E-state index < -0.39 is 0 Å². The summed E-state index contributed by atoms with van der Waals surface area (Å²) in [7, 11) is 4.49. The van der Waals surface area contributed by atoms with Crippen LogP contribution in [0.4, 0.5) is 5.69 Å². The summed E-state index contributed by atoms with van der Waals surface area (Å²) in [5.74, 6) is 0. The van der Waals surface area contributed by atoms with Gasteiger partial charge in [0.25, 0.3) is 0 Å². The molecule has 5 heteroatoms. The molecule has 0 radical (unpaired) electrons. The number of piperazine rings is 1. The highest BCUT2D eigenvalue weighted by molar-refractivity contribution is 5.54. The van der Waals surface area contributed by atoms with Crippen molar-refractivity contribution in [3.8, 4) is 0 Å². The Kier molecular flexibility index (Phi) is 6.70. The SMILES string of the molecule is CN1CCC(N(C)c2ccccc2CN2CCN(CCO)CC2)CC1. The van der Waals surface area contributed by atoms with Crippen molar-refractivity contribution >= 4 is 5.69 Å². The second-order valence-corrected chi connectivity index (χ2v) is 7.62. The second kappa shape index (κ2) is 8.99. The molecule has 3 rings (SSSR count). The van der Waals surface area contributed by atoms with Gasteiger partial charge in [0.15, 0.2) is 0 Å². The highest BCUT2D eigenvalue weighted by Crippen LogP contribution is 2.26. The molecule has 0 unspecified atom stereocenters. The molecule has 2 aliphatic rings. The molecule has 0 aliphatic carbocycles. The monoisotopic (exact) mass is 346 g/mol. The van der Waals surface area contributed by atoms with Crippen molar-refractivity contribution in [1.29, 1.82) is 0 Å². The number of aliphatic hydroxyl groups excluding tert-OH is 1. The van der Waals surface area contributed by atoms with E-state index in [1.54, 1.807) is 0 Å². The van der Waals surface area contributed by atoms with E-state index in [0.29, 0.717) is 6.04 Å². The molecule has 1 N–H and O–H groups in total. The molecule has 0 spiro atoms. The van der Waals surface area contributed by atoms with Crippen molar-refractivity contribution in [2.75, 3.05) is 71.4 Å². The molecular formula is C20H34N4O. The Hall–Kier alpha value is -1.14. The molecule has 1 aromatic rings. The Labute approximate surface area is 152 Å². The first-order valence-corrected chi connectivity index (χ1v) is 9.72. The van der Waals surface area contributed by atoms with Gasteiger partial charge >= 0.3 is 0 Å². The zero-order chi connectivity index (χ0) is 17.6. The number of anilines is 1. The summed E-state index contributed by atoms with van der Waals surface area (Å²) in [6.45, 7) is 8.81. The zero-order valence-electron chi connectivity index (χ0n) is 15.9. The minimum Gasteiger partial charge on any atom is -0.395 e. The van der Waals surface area contributed by atoms with Crippen molar-refractivity contribution in [3.63, 3.8) is 0 Å². The van der Waals surface area contributed by atoms with E-state index in [1.165, 1.54) is 37.2 Å². The Morgan fingerprint density at radius 1 is 1.00 bits per heavy atom. The summed E-state index contributed by atoms with van der Waals surface area (Å²) in [6, 6.07) is 9.57. The van der Waals surface area contributed by atoms with Crippen LogP contribution in [0.3, 0.4) is 0 Å². The summed E-state index contributed by atoms with van der Waals surface area (Å²) in [5.41, 5.74) is 2.84. The molecule has 140 valence electrons. The van der Waals surface area contributed by atoms with Gasteiger partial charge in [-0.3, -0.25) is 9.80 Å². The largest absolute Gasteiger partial charge is 0.395 e. The van der Waals surface area contributed by atoms with E-state index in [0.717, 1.165) is 39.3 Å². The Morgan fingerprint density at radius 3 is 2.32 bits per heavy atom. The summed E-state index contributed by atoms with van der Waals surface area (Å²) < 4.78 is 0. The first-order valence-electron chi connectivity index (χ1n) is 9.72. The van der Waals surface area contributed by atoms with Crippen molar-refractivity contribution < 1.29 is 5.11 Å². The summed E-state index contributed by atoms with van der Waals surface area (Å²) >= 11 is 0. The molecule has 25 heavy (non-hydrogen) atoms. The van der Waals surface area contributed by atoms with E-state index in [2.05, 4.69) is 58.0 Å². The Morgan fingerprint density at radius 2 is 1.64 bits per heavy atom. The van der Waals surface area contributed by atoms with Crippen molar-refractivity contribution in [3.05, 3.63) is 29.8 Å². The van der Waals surface area contributed by atoms with E-state index >= 15 is 0 Å². The van der Waals surface area contributed by atoms with Crippen LogP contribution in [0.15, 0.2) is 24.3 Å². The number of benzene rings is 1. The third-order valence-electron chi connectivity index (χ3n) is 5.88.